The Morgan fingerprint density at radius 2 is 2.15 bits per heavy atom. The third kappa shape index (κ3) is 2.91. The summed E-state index contributed by atoms with van der Waals surface area (Å²) in [6.45, 7) is 0.227. The van der Waals surface area contributed by atoms with Crippen molar-refractivity contribution in [2.45, 2.75) is 12.3 Å². The van der Waals surface area contributed by atoms with E-state index in [0.29, 0.717) is 18.0 Å². The highest BCUT2D eigenvalue weighted by Gasteiger charge is 2.31. The normalized spacial score (nSPS) is 15.7. The maximum atomic E-state index is 12.3. The summed E-state index contributed by atoms with van der Waals surface area (Å²) in [6, 6.07) is 11.4. The fraction of sp³-hybridized carbons (Fsp3) is 0.150. The lowest BCUT2D eigenvalue weighted by Gasteiger charge is -2.23. The van der Waals surface area contributed by atoms with Gasteiger partial charge in [0.1, 0.15) is 24.5 Å². The molecule has 1 N–H and O–H groups in total. The number of pyridine rings is 1. The van der Waals surface area contributed by atoms with Crippen LogP contribution in [0.1, 0.15) is 23.6 Å². The molecule has 1 unspecified atom stereocenters. The molecule has 1 aliphatic heterocycles. The lowest BCUT2D eigenvalue weighted by Crippen LogP contribution is -2.24. The van der Waals surface area contributed by atoms with Crippen LogP contribution in [0.15, 0.2) is 55.1 Å². The number of benzene rings is 1. The van der Waals surface area contributed by atoms with Gasteiger partial charge in [0.05, 0.1) is 17.6 Å². The largest absolute Gasteiger partial charge is 0.481 e. The lowest BCUT2D eigenvalue weighted by molar-refractivity contribution is -0.116. The number of carbonyl (C=O) groups is 1. The van der Waals surface area contributed by atoms with E-state index in [1.54, 1.807) is 18.7 Å². The number of nitrogens with one attached hydrogen (secondary N) is 1. The molecule has 1 atom stereocenters. The van der Waals surface area contributed by atoms with Crippen molar-refractivity contribution in [3.8, 4) is 23.8 Å². The molecule has 3 aromatic rings. The van der Waals surface area contributed by atoms with Crippen molar-refractivity contribution in [1.29, 1.82) is 0 Å². The van der Waals surface area contributed by atoms with Gasteiger partial charge >= 0.3 is 0 Å². The first kappa shape index (κ1) is 15.9. The van der Waals surface area contributed by atoms with Gasteiger partial charge in [-0.15, -0.1) is 6.42 Å². The van der Waals surface area contributed by atoms with Gasteiger partial charge in [0.15, 0.2) is 0 Å². The van der Waals surface area contributed by atoms with Gasteiger partial charge in [-0.1, -0.05) is 18.1 Å². The van der Waals surface area contributed by atoms with Crippen molar-refractivity contribution in [3.63, 3.8) is 0 Å². The molecule has 3 heterocycles. The van der Waals surface area contributed by atoms with Gasteiger partial charge in [-0.25, -0.2) is 4.98 Å². The van der Waals surface area contributed by atoms with E-state index in [-0.39, 0.29) is 18.4 Å². The van der Waals surface area contributed by atoms with Crippen molar-refractivity contribution in [2.75, 3.05) is 11.9 Å². The molecule has 0 radical (unpaired) electrons. The molecule has 6 heteroatoms. The van der Waals surface area contributed by atoms with Gasteiger partial charge in [0, 0.05) is 18.5 Å². The second-order valence-corrected chi connectivity index (χ2v) is 5.93. The third-order valence-electron chi connectivity index (χ3n) is 4.30. The molecule has 0 bridgehead atoms. The van der Waals surface area contributed by atoms with Crippen LogP contribution in [0, 0.1) is 12.3 Å². The highest BCUT2D eigenvalue weighted by molar-refractivity contribution is 5.94. The molecule has 1 aliphatic rings. The van der Waals surface area contributed by atoms with Crippen LogP contribution in [0.4, 0.5) is 5.82 Å². The molecule has 1 amide bonds. The number of anilines is 1. The van der Waals surface area contributed by atoms with E-state index < -0.39 is 0 Å². The smallest absolute Gasteiger partial charge is 0.226 e. The van der Waals surface area contributed by atoms with E-state index >= 15 is 0 Å². The van der Waals surface area contributed by atoms with Gasteiger partial charge < -0.3 is 10.1 Å². The molecule has 6 nitrogen and oxygen atoms in total. The first-order valence-electron chi connectivity index (χ1n) is 8.20. The highest BCUT2D eigenvalue weighted by atomic mass is 16.5. The second-order valence-electron chi connectivity index (χ2n) is 5.93. The number of aromatic nitrogens is 3. The van der Waals surface area contributed by atoms with Gasteiger partial charge in [0.2, 0.25) is 5.91 Å². The fourth-order valence-corrected chi connectivity index (χ4v) is 3.10. The summed E-state index contributed by atoms with van der Waals surface area (Å²) in [5.41, 5.74) is 2.69. The molecule has 26 heavy (non-hydrogen) atoms. The Hall–Kier alpha value is -3.59. The third-order valence-corrected chi connectivity index (χ3v) is 4.30. The Labute approximate surface area is 150 Å². The van der Waals surface area contributed by atoms with Crippen LogP contribution in [0.25, 0.3) is 5.69 Å². The molecule has 0 saturated heterocycles. The van der Waals surface area contributed by atoms with Crippen molar-refractivity contribution >= 4 is 11.7 Å². The Kier molecular flexibility index (Phi) is 4.12. The number of imidazole rings is 1. The summed E-state index contributed by atoms with van der Waals surface area (Å²) in [5, 5.41) is 2.93. The summed E-state index contributed by atoms with van der Waals surface area (Å²) in [4.78, 5) is 21.0. The molecule has 128 valence electrons. The summed E-state index contributed by atoms with van der Waals surface area (Å²) in [5.74, 6) is 3.67. The van der Waals surface area contributed by atoms with Crippen molar-refractivity contribution in [1.82, 2.24) is 14.5 Å². The quantitative estimate of drug-likeness (QED) is 0.739. The van der Waals surface area contributed by atoms with Crippen LogP contribution in [0.3, 0.4) is 0 Å². The van der Waals surface area contributed by atoms with Crippen LogP contribution >= 0.6 is 0 Å². The molecular formula is C20H16N4O2. The van der Waals surface area contributed by atoms with Crippen LogP contribution in [-0.2, 0) is 4.79 Å². The predicted molar refractivity (Wildman–Crippen MR) is 97.2 cm³/mol. The van der Waals surface area contributed by atoms with Gasteiger partial charge in [-0.2, -0.15) is 0 Å². The maximum Gasteiger partial charge on any atom is 0.226 e. The van der Waals surface area contributed by atoms with Crippen molar-refractivity contribution in [3.05, 3.63) is 66.4 Å². The van der Waals surface area contributed by atoms with Crippen LogP contribution in [0.2, 0.25) is 0 Å². The predicted octanol–water partition coefficient (Wildman–Crippen LogP) is 2.75. The molecule has 0 saturated carbocycles. The fourth-order valence-electron chi connectivity index (χ4n) is 3.10. The van der Waals surface area contributed by atoms with E-state index in [2.05, 4.69) is 21.2 Å². The van der Waals surface area contributed by atoms with Gasteiger partial charge in [-0.3, -0.25) is 14.3 Å². The Balaban J connectivity index is 1.69. The minimum Gasteiger partial charge on any atom is -0.481 e. The lowest BCUT2D eigenvalue weighted by atomic mass is 9.90. The summed E-state index contributed by atoms with van der Waals surface area (Å²) >= 11 is 0. The first-order chi connectivity index (χ1) is 12.8. The van der Waals surface area contributed by atoms with E-state index in [1.165, 1.54) is 0 Å². The first-order valence-corrected chi connectivity index (χ1v) is 8.20. The number of rotatable bonds is 4. The minimum atomic E-state index is -0.113. The van der Waals surface area contributed by atoms with E-state index in [4.69, 9.17) is 11.2 Å². The van der Waals surface area contributed by atoms with E-state index in [1.807, 2.05) is 41.0 Å². The molecule has 4 rings (SSSR count). The molecule has 1 aromatic carbocycles. The van der Waals surface area contributed by atoms with Crippen LogP contribution in [-0.4, -0.2) is 27.0 Å². The number of fused-ring (bicyclic) bond motifs is 1. The zero-order chi connectivity index (χ0) is 17.9. The van der Waals surface area contributed by atoms with Gasteiger partial charge in [-0.05, 0) is 29.8 Å². The average Bonchev–Trinajstić information content (AvgIpc) is 3.10. The Morgan fingerprint density at radius 3 is 2.88 bits per heavy atom. The topological polar surface area (TPSA) is 69.0 Å². The van der Waals surface area contributed by atoms with Crippen LogP contribution < -0.4 is 10.1 Å². The van der Waals surface area contributed by atoms with Crippen molar-refractivity contribution < 1.29 is 9.53 Å². The molecule has 0 spiro atoms. The number of carbonyl (C=O) groups excluding carboxylic acids is 1. The van der Waals surface area contributed by atoms with Gasteiger partial charge in [0.25, 0.3) is 0 Å². The van der Waals surface area contributed by atoms with Crippen LogP contribution in [0.5, 0.6) is 5.75 Å². The summed E-state index contributed by atoms with van der Waals surface area (Å²) < 4.78 is 7.25. The van der Waals surface area contributed by atoms with Crippen molar-refractivity contribution in [2.24, 2.45) is 0 Å². The molecule has 2 aromatic heterocycles. The zero-order valence-corrected chi connectivity index (χ0v) is 13.9. The SMILES string of the molecule is C#CCOc1ccc(C2CC(=O)Nc3c2ncn3-c2cccnc2)cc1. The minimum absolute atomic E-state index is 0.0409. The number of terminal acetylenes is 1. The number of ether oxygens (including phenoxy) is 1. The van der Waals surface area contributed by atoms with E-state index in [0.717, 1.165) is 16.9 Å². The zero-order valence-electron chi connectivity index (χ0n) is 13.9. The standard InChI is InChI=1S/C20H16N4O2/c1-2-10-26-16-7-5-14(6-8-16)17-11-18(25)23-20-19(17)22-13-24(20)15-4-3-9-21-12-15/h1,3-9,12-13,17H,10-11H2,(H,23,25). The number of nitrogens with zero attached hydrogens (tertiary/aromatic N) is 3. The number of hydrogen-bond acceptors (Lipinski definition) is 4. The molecule has 0 fully saturated rings. The maximum absolute atomic E-state index is 12.3. The summed E-state index contributed by atoms with van der Waals surface area (Å²) in [6.07, 6.45) is 10.7. The molecule has 0 aliphatic carbocycles. The Bertz CT molecular complexity index is 971. The monoisotopic (exact) mass is 344 g/mol. The Morgan fingerprint density at radius 1 is 1.31 bits per heavy atom. The molecular weight excluding hydrogens is 328 g/mol. The number of hydrogen-bond donors (Lipinski definition) is 1. The highest BCUT2D eigenvalue weighted by Crippen LogP contribution is 2.37. The summed E-state index contributed by atoms with van der Waals surface area (Å²) in [7, 11) is 0. The second kappa shape index (κ2) is 6.73. The average molecular weight is 344 g/mol. The number of amides is 1. The van der Waals surface area contributed by atoms with E-state index in [9.17, 15) is 4.79 Å².